The van der Waals surface area contributed by atoms with Crippen molar-refractivity contribution in [3.05, 3.63) is 59.7 Å². The van der Waals surface area contributed by atoms with E-state index in [2.05, 4.69) is 10.6 Å². The van der Waals surface area contributed by atoms with Crippen molar-refractivity contribution in [1.29, 1.82) is 0 Å². The number of hydrogen-bond donors (Lipinski definition) is 2. The number of nitrogens with zero attached hydrogens (tertiary/aromatic N) is 2. The molecule has 0 bridgehead atoms. The third-order valence-corrected chi connectivity index (χ3v) is 9.39. The van der Waals surface area contributed by atoms with Crippen molar-refractivity contribution in [2.75, 3.05) is 40.4 Å². The summed E-state index contributed by atoms with van der Waals surface area (Å²) in [6, 6.07) is 15.7. The lowest BCUT2D eigenvalue weighted by Crippen LogP contribution is -2.33. The molecule has 326 valence electrons. The third kappa shape index (κ3) is 22.5. The first kappa shape index (κ1) is 49.7. The molecule has 12 heteroatoms. The van der Waals surface area contributed by atoms with Crippen LogP contribution in [0.1, 0.15) is 143 Å². The molecule has 2 N–H and O–H groups in total. The van der Waals surface area contributed by atoms with Crippen LogP contribution in [0.2, 0.25) is 0 Å². The maximum atomic E-state index is 13.5. The van der Waals surface area contributed by atoms with Gasteiger partial charge in [0.05, 0.1) is 14.2 Å². The van der Waals surface area contributed by atoms with Crippen molar-refractivity contribution in [3.8, 4) is 11.5 Å². The fourth-order valence-corrected chi connectivity index (χ4v) is 6.46. The highest BCUT2D eigenvalue weighted by Crippen LogP contribution is 2.22. The second-order valence-electron chi connectivity index (χ2n) is 16.9. The standard InChI is InChI=1S/C46H74N4O8/c1-45(2,3)57-43(53)47-31-21-13-15-29-41(51)49(35-37-25-17-19-27-39(37)55-7)33-23-11-9-10-12-24-34-50(36-38-26-18-20-28-40(38)56-8)42(52)30-16-14-22-32-48-44(54)58-46(4,5)6/h17-20,25-28H,9-16,21-24,29-36H2,1-8H3,(H,47,53)(H,48,54). The van der Waals surface area contributed by atoms with Crippen molar-refractivity contribution in [2.45, 2.75) is 156 Å². The number of benzene rings is 2. The van der Waals surface area contributed by atoms with Gasteiger partial charge < -0.3 is 39.4 Å². The number of carbonyl (C=O) groups excluding carboxylic acids is 4. The molecule has 0 saturated heterocycles. The molecule has 0 spiro atoms. The minimum Gasteiger partial charge on any atom is -0.496 e. The van der Waals surface area contributed by atoms with Crippen LogP contribution in [0.5, 0.6) is 11.5 Å². The molecule has 0 unspecified atom stereocenters. The number of para-hydroxylation sites is 2. The minimum absolute atomic E-state index is 0.128. The number of methoxy groups -OCH3 is 2. The first-order valence-electron chi connectivity index (χ1n) is 21.3. The van der Waals surface area contributed by atoms with Crippen molar-refractivity contribution in [1.82, 2.24) is 20.4 Å². The van der Waals surface area contributed by atoms with E-state index in [0.717, 1.165) is 99.7 Å². The van der Waals surface area contributed by atoms with E-state index in [4.69, 9.17) is 18.9 Å². The van der Waals surface area contributed by atoms with E-state index in [1.54, 1.807) is 14.2 Å². The lowest BCUT2D eigenvalue weighted by atomic mass is 10.1. The minimum atomic E-state index is -0.531. The number of nitrogens with one attached hydrogen (secondary N) is 2. The van der Waals surface area contributed by atoms with Crippen LogP contribution in [0.15, 0.2) is 48.5 Å². The molecule has 0 aliphatic carbocycles. The number of hydrogen-bond acceptors (Lipinski definition) is 8. The Bertz CT molecular complexity index is 1390. The maximum absolute atomic E-state index is 13.5. The molecule has 0 heterocycles. The van der Waals surface area contributed by atoms with E-state index in [0.29, 0.717) is 52.1 Å². The maximum Gasteiger partial charge on any atom is 0.407 e. The Hall–Kier alpha value is -4.48. The van der Waals surface area contributed by atoms with Gasteiger partial charge in [-0.05, 0) is 92.2 Å². The van der Waals surface area contributed by atoms with Crippen LogP contribution in [-0.4, -0.2) is 85.4 Å². The Morgan fingerprint density at radius 3 is 1.21 bits per heavy atom. The third-order valence-electron chi connectivity index (χ3n) is 9.39. The summed E-state index contributed by atoms with van der Waals surface area (Å²) in [5.41, 5.74) is 0.915. The summed E-state index contributed by atoms with van der Waals surface area (Å²) < 4.78 is 21.7. The summed E-state index contributed by atoms with van der Waals surface area (Å²) in [4.78, 5) is 54.6. The molecular formula is C46H74N4O8. The van der Waals surface area contributed by atoms with Crippen molar-refractivity contribution >= 4 is 24.0 Å². The zero-order valence-corrected chi connectivity index (χ0v) is 36.9. The van der Waals surface area contributed by atoms with Crippen LogP contribution in [0.25, 0.3) is 0 Å². The summed E-state index contributed by atoms with van der Waals surface area (Å²) in [5.74, 6) is 1.81. The Labute approximate surface area is 349 Å². The monoisotopic (exact) mass is 811 g/mol. The van der Waals surface area contributed by atoms with Gasteiger partial charge in [0.15, 0.2) is 0 Å². The van der Waals surface area contributed by atoms with Gasteiger partial charge >= 0.3 is 12.2 Å². The molecule has 2 aromatic carbocycles. The highest BCUT2D eigenvalue weighted by molar-refractivity contribution is 5.76. The highest BCUT2D eigenvalue weighted by Gasteiger charge is 2.19. The normalized spacial score (nSPS) is 11.4. The van der Waals surface area contributed by atoms with Crippen LogP contribution in [-0.2, 0) is 32.2 Å². The second-order valence-corrected chi connectivity index (χ2v) is 16.9. The number of unbranched alkanes of at least 4 members (excludes halogenated alkanes) is 9. The molecule has 2 aromatic rings. The first-order chi connectivity index (χ1) is 27.6. The highest BCUT2D eigenvalue weighted by atomic mass is 16.6. The molecule has 0 fully saturated rings. The van der Waals surface area contributed by atoms with Crippen LogP contribution in [0.3, 0.4) is 0 Å². The summed E-state index contributed by atoms with van der Waals surface area (Å²) in [7, 11) is 3.31. The van der Waals surface area contributed by atoms with Gasteiger partial charge in [-0.1, -0.05) is 74.9 Å². The molecule has 2 rings (SSSR count). The largest absolute Gasteiger partial charge is 0.496 e. The smallest absolute Gasteiger partial charge is 0.407 e. The predicted molar refractivity (Wildman–Crippen MR) is 230 cm³/mol. The molecule has 0 aromatic heterocycles. The lowest BCUT2D eigenvalue weighted by molar-refractivity contribution is -0.132. The zero-order valence-electron chi connectivity index (χ0n) is 36.9. The Balaban J connectivity index is 1.81. The van der Waals surface area contributed by atoms with Gasteiger partial charge in [-0.15, -0.1) is 0 Å². The fraction of sp³-hybridized carbons (Fsp3) is 0.652. The zero-order chi connectivity index (χ0) is 42.8. The molecule has 0 aliphatic heterocycles. The number of rotatable bonds is 27. The van der Waals surface area contributed by atoms with Gasteiger partial charge in [0.1, 0.15) is 22.7 Å². The van der Waals surface area contributed by atoms with E-state index in [1.165, 1.54) is 0 Å². The lowest BCUT2D eigenvalue weighted by Gasteiger charge is -2.24. The van der Waals surface area contributed by atoms with Crippen LogP contribution in [0, 0.1) is 0 Å². The van der Waals surface area contributed by atoms with E-state index in [1.807, 2.05) is 99.9 Å². The van der Waals surface area contributed by atoms with Crippen molar-refractivity contribution in [3.63, 3.8) is 0 Å². The molecule has 0 aliphatic rings. The summed E-state index contributed by atoms with van der Waals surface area (Å²) >= 11 is 0. The van der Waals surface area contributed by atoms with E-state index >= 15 is 0 Å². The van der Waals surface area contributed by atoms with Crippen LogP contribution in [0.4, 0.5) is 9.59 Å². The molecule has 12 nitrogen and oxygen atoms in total. The predicted octanol–water partition coefficient (Wildman–Crippen LogP) is 9.57. The van der Waals surface area contributed by atoms with Crippen molar-refractivity contribution < 1.29 is 38.1 Å². The summed E-state index contributed by atoms with van der Waals surface area (Å²) in [6.07, 6.45) is 10.8. The van der Waals surface area contributed by atoms with E-state index < -0.39 is 23.4 Å². The quantitative estimate of drug-likeness (QED) is 0.0852. The molecule has 58 heavy (non-hydrogen) atoms. The Morgan fingerprint density at radius 1 is 0.500 bits per heavy atom. The molecular weight excluding hydrogens is 737 g/mol. The molecule has 0 atom stereocenters. The topological polar surface area (TPSA) is 136 Å². The van der Waals surface area contributed by atoms with Gasteiger partial charge in [0, 0.05) is 63.2 Å². The van der Waals surface area contributed by atoms with E-state index in [9.17, 15) is 19.2 Å². The molecule has 0 saturated carbocycles. The summed E-state index contributed by atoms with van der Waals surface area (Å²) in [6.45, 7) is 14.4. The van der Waals surface area contributed by atoms with Crippen LogP contribution < -0.4 is 20.1 Å². The average molecular weight is 811 g/mol. The SMILES string of the molecule is COc1ccccc1CN(CCCCCCCCN(Cc1ccccc1OC)C(=O)CCCCCNC(=O)OC(C)(C)C)C(=O)CCCCCNC(=O)OC(C)(C)C. The molecule has 0 radical (unpaired) electrons. The van der Waals surface area contributed by atoms with Crippen molar-refractivity contribution in [2.24, 2.45) is 0 Å². The number of carbonyl (C=O) groups is 4. The van der Waals surface area contributed by atoms with Gasteiger partial charge in [-0.25, -0.2) is 9.59 Å². The number of amides is 4. The van der Waals surface area contributed by atoms with E-state index in [-0.39, 0.29) is 11.8 Å². The number of alkyl carbamates (subject to hydrolysis) is 2. The Kier molecular flexibility index (Phi) is 23.3. The van der Waals surface area contributed by atoms with Gasteiger partial charge in [-0.2, -0.15) is 0 Å². The van der Waals surface area contributed by atoms with Gasteiger partial charge in [0.2, 0.25) is 11.8 Å². The first-order valence-corrected chi connectivity index (χ1v) is 21.3. The Morgan fingerprint density at radius 2 is 0.845 bits per heavy atom. The number of ether oxygens (including phenoxy) is 4. The van der Waals surface area contributed by atoms with Crippen LogP contribution >= 0.6 is 0 Å². The molecule has 4 amide bonds. The van der Waals surface area contributed by atoms with Gasteiger partial charge in [-0.3, -0.25) is 9.59 Å². The second kappa shape index (κ2) is 27.3. The van der Waals surface area contributed by atoms with Gasteiger partial charge in [0.25, 0.3) is 0 Å². The fourth-order valence-electron chi connectivity index (χ4n) is 6.46. The average Bonchev–Trinajstić information content (AvgIpc) is 3.16. The summed E-state index contributed by atoms with van der Waals surface area (Å²) in [5, 5.41) is 5.57.